The van der Waals surface area contributed by atoms with Crippen LogP contribution in [0, 0.1) is 0 Å². The number of nitrogens with zero attached hydrogens (tertiary/aromatic N) is 1. The van der Waals surface area contributed by atoms with Crippen LogP contribution in [-0.4, -0.2) is 30.9 Å². The van der Waals surface area contributed by atoms with E-state index < -0.39 is 0 Å². The molecule has 0 bridgehead atoms. The number of fused-ring (bicyclic) bond motifs is 1. The largest absolute Gasteiger partial charge is 0.341 e. The van der Waals surface area contributed by atoms with Crippen molar-refractivity contribution in [2.24, 2.45) is 0 Å². The van der Waals surface area contributed by atoms with E-state index in [1.54, 1.807) is 0 Å². The zero-order valence-corrected chi connectivity index (χ0v) is 10.7. The summed E-state index contributed by atoms with van der Waals surface area (Å²) in [6.45, 7) is 3.93. The molecule has 3 rings (SSSR count). The Morgan fingerprint density at radius 1 is 1.22 bits per heavy atom. The number of hydrogen-bond acceptors (Lipinski definition) is 2. The van der Waals surface area contributed by atoms with Gasteiger partial charge in [0.05, 0.1) is 0 Å². The van der Waals surface area contributed by atoms with Crippen LogP contribution in [0.5, 0.6) is 0 Å². The van der Waals surface area contributed by atoms with Gasteiger partial charge in [-0.3, -0.25) is 4.79 Å². The summed E-state index contributed by atoms with van der Waals surface area (Å²) in [5, 5.41) is 3.41. The van der Waals surface area contributed by atoms with Crippen molar-refractivity contribution in [2.75, 3.05) is 19.6 Å². The van der Waals surface area contributed by atoms with Gasteiger partial charge in [0.1, 0.15) is 0 Å². The van der Waals surface area contributed by atoms with Gasteiger partial charge in [-0.05, 0) is 55.0 Å². The van der Waals surface area contributed by atoms with Gasteiger partial charge in [0.2, 0.25) is 6.41 Å². The zero-order valence-electron chi connectivity index (χ0n) is 10.7. The molecule has 0 unspecified atom stereocenters. The minimum Gasteiger partial charge on any atom is -0.341 e. The van der Waals surface area contributed by atoms with E-state index in [1.165, 1.54) is 29.5 Å². The minimum absolute atomic E-state index is 0.723. The summed E-state index contributed by atoms with van der Waals surface area (Å²) in [5.74, 6) is 0.723. The van der Waals surface area contributed by atoms with Crippen molar-refractivity contribution in [1.82, 2.24) is 10.2 Å². The van der Waals surface area contributed by atoms with Crippen LogP contribution in [0.1, 0.15) is 35.4 Å². The molecule has 0 radical (unpaired) electrons. The van der Waals surface area contributed by atoms with Crippen molar-refractivity contribution in [3.63, 3.8) is 0 Å². The Hall–Kier alpha value is -1.35. The van der Waals surface area contributed by atoms with E-state index in [-0.39, 0.29) is 0 Å². The lowest BCUT2D eigenvalue weighted by Crippen LogP contribution is -2.29. The van der Waals surface area contributed by atoms with Crippen LogP contribution >= 0.6 is 0 Å². The highest BCUT2D eigenvalue weighted by Crippen LogP contribution is 2.28. The fourth-order valence-electron chi connectivity index (χ4n) is 3.09. The third-order valence-electron chi connectivity index (χ3n) is 4.23. The standard InChI is InChI=1S/C15H20N2O/c18-11-17-8-5-14-9-13(1-2-15(14)10-17)12-3-6-16-7-4-12/h1-2,9,11-12,16H,3-8,10H2. The molecular weight excluding hydrogens is 224 g/mol. The van der Waals surface area contributed by atoms with Gasteiger partial charge in [-0.1, -0.05) is 18.2 Å². The van der Waals surface area contributed by atoms with E-state index in [0.29, 0.717) is 0 Å². The number of rotatable bonds is 2. The van der Waals surface area contributed by atoms with Crippen LogP contribution < -0.4 is 5.32 Å². The van der Waals surface area contributed by atoms with Crippen LogP contribution in [0.15, 0.2) is 18.2 Å². The Kier molecular flexibility index (Phi) is 3.33. The molecule has 0 aliphatic carbocycles. The van der Waals surface area contributed by atoms with Crippen molar-refractivity contribution in [2.45, 2.75) is 31.7 Å². The number of carbonyl (C=O) groups excluding carboxylic acids is 1. The Labute approximate surface area is 108 Å². The molecule has 0 saturated carbocycles. The lowest BCUT2D eigenvalue weighted by molar-refractivity contribution is -0.118. The third-order valence-corrected chi connectivity index (χ3v) is 4.23. The maximum absolute atomic E-state index is 10.8. The van der Waals surface area contributed by atoms with E-state index in [9.17, 15) is 4.79 Å². The molecule has 3 nitrogen and oxygen atoms in total. The predicted octanol–water partition coefficient (Wildman–Crippen LogP) is 1.67. The highest BCUT2D eigenvalue weighted by atomic mass is 16.1. The summed E-state index contributed by atoms with van der Waals surface area (Å²) in [7, 11) is 0. The molecule has 1 fully saturated rings. The van der Waals surface area contributed by atoms with Gasteiger partial charge in [0.25, 0.3) is 0 Å². The molecule has 1 N–H and O–H groups in total. The summed E-state index contributed by atoms with van der Waals surface area (Å²) in [6, 6.07) is 6.87. The fourth-order valence-corrected chi connectivity index (χ4v) is 3.09. The van der Waals surface area contributed by atoms with Crippen LogP contribution in [0.3, 0.4) is 0 Å². The van der Waals surface area contributed by atoms with E-state index >= 15 is 0 Å². The SMILES string of the molecule is O=CN1CCc2cc(C3CCNCC3)ccc2C1. The molecular formula is C15H20N2O. The van der Waals surface area contributed by atoms with E-state index in [4.69, 9.17) is 0 Å². The summed E-state index contributed by atoms with van der Waals surface area (Å²) in [4.78, 5) is 12.7. The molecule has 0 aromatic heterocycles. The maximum atomic E-state index is 10.8. The molecule has 1 amide bonds. The molecule has 2 aliphatic rings. The second-order valence-corrected chi connectivity index (χ2v) is 5.38. The molecule has 2 aliphatic heterocycles. The molecule has 1 aromatic rings. The van der Waals surface area contributed by atoms with Crippen molar-refractivity contribution in [3.8, 4) is 0 Å². The van der Waals surface area contributed by atoms with Gasteiger partial charge in [0, 0.05) is 13.1 Å². The molecule has 96 valence electrons. The van der Waals surface area contributed by atoms with E-state index in [2.05, 4.69) is 23.5 Å². The number of amides is 1. The second kappa shape index (κ2) is 5.11. The molecule has 18 heavy (non-hydrogen) atoms. The van der Waals surface area contributed by atoms with Crippen molar-refractivity contribution in [1.29, 1.82) is 0 Å². The van der Waals surface area contributed by atoms with Crippen LogP contribution in [-0.2, 0) is 17.8 Å². The van der Waals surface area contributed by atoms with Crippen molar-refractivity contribution in [3.05, 3.63) is 34.9 Å². The maximum Gasteiger partial charge on any atom is 0.210 e. The lowest BCUT2D eigenvalue weighted by Gasteiger charge is -2.28. The quantitative estimate of drug-likeness (QED) is 0.803. The topological polar surface area (TPSA) is 32.3 Å². The van der Waals surface area contributed by atoms with Crippen molar-refractivity contribution >= 4 is 6.41 Å². The molecule has 3 heteroatoms. The Bertz CT molecular complexity index is 438. The van der Waals surface area contributed by atoms with Crippen molar-refractivity contribution < 1.29 is 4.79 Å². The Balaban J connectivity index is 1.80. The number of hydrogen-bond donors (Lipinski definition) is 1. The summed E-state index contributed by atoms with van der Waals surface area (Å²) in [5.41, 5.74) is 4.27. The summed E-state index contributed by atoms with van der Waals surface area (Å²) < 4.78 is 0. The predicted molar refractivity (Wildman–Crippen MR) is 71.5 cm³/mol. The van der Waals surface area contributed by atoms with Crippen LogP contribution in [0.4, 0.5) is 0 Å². The van der Waals surface area contributed by atoms with Crippen LogP contribution in [0.2, 0.25) is 0 Å². The zero-order chi connectivity index (χ0) is 12.4. The lowest BCUT2D eigenvalue weighted by atomic mass is 9.87. The van der Waals surface area contributed by atoms with Gasteiger partial charge in [-0.15, -0.1) is 0 Å². The van der Waals surface area contributed by atoms with Gasteiger partial charge in [-0.25, -0.2) is 0 Å². The number of benzene rings is 1. The van der Waals surface area contributed by atoms with Gasteiger partial charge in [-0.2, -0.15) is 0 Å². The first-order valence-electron chi connectivity index (χ1n) is 6.88. The number of piperidine rings is 1. The van der Waals surface area contributed by atoms with Crippen LogP contribution in [0.25, 0.3) is 0 Å². The van der Waals surface area contributed by atoms with Gasteiger partial charge in [0.15, 0.2) is 0 Å². The molecule has 2 heterocycles. The smallest absolute Gasteiger partial charge is 0.210 e. The highest BCUT2D eigenvalue weighted by molar-refractivity contribution is 5.49. The minimum atomic E-state index is 0.723. The molecule has 0 atom stereocenters. The normalized spacial score (nSPS) is 20.6. The number of nitrogens with one attached hydrogen (secondary N) is 1. The monoisotopic (exact) mass is 244 g/mol. The first-order valence-corrected chi connectivity index (χ1v) is 6.88. The first-order chi connectivity index (χ1) is 8.86. The first kappa shape index (κ1) is 11.7. The summed E-state index contributed by atoms with van der Waals surface area (Å²) in [6.07, 6.45) is 4.47. The highest BCUT2D eigenvalue weighted by Gasteiger charge is 2.19. The molecule has 1 aromatic carbocycles. The van der Waals surface area contributed by atoms with Gasteiger partial charge >= 0.3 is 0 Å². The average molecular weight is 244 g/mol. The Morgan fingerprint density at radius 2 is 2.06 bits per heavy atom. The second-order valence-electron chi connectivity index (χ2n) is 5.38. The number of carbonyl (C=O) groups is 1. The van der Waals surface area contributed by atoms with E-state index in [0.717, 1.165) is 44.9 Å². The Morgan fingerprint density at radius 3 is 2.83 bits per heavy atom. The fraction of sp³-hybridized carbons (Fsp3) is 0.533. The van der Waals surface area contributed by atoms with Gasteiger partial charge < -0.3 is 10.2 Å². The molecule has 0 spiro atoms. The third kappa shape index (κ3) is 2.27. The van der Waals surface area contributed by atoms with E-state index in [1.807, 2.05) is 4.90 Å². The summed E-state index contributed by atoms with van der Waals surface area (Å²) >= 11 is 0. The molecule has 1 saturated heterocycles. The average Bonchev–Trinajstić information content (AvgIpc) is 2.47.